The van der Waals surface area contributed by atoms with Gasteiger partial charge in [0.25, 0.3) is 0 Å². The smallest absolute Gasteiger partial charge is 0.193 e. The molecule has 0 fully saturated rings. The van der Waals surface area contributed by atoms with Crippen LogP contribution in [0.5, 0.6) is 0 Å². The number of nitrogens with zero attached hydrogens (tertiary/aromatic N) is 1. The minimum Gasteiger partial charge on any atom is -0.625 e. The molecule has 104 valence electrons. The SMILES string of the molecule is CCC(CC(=[NH+][O-])c1ccccc1)c1cc[n+]([O-])cc1. The van der Waals surface area contributed by atoms with Crippen LogP contribution in [0.1, 0.15) is 36.8 Å². The number of benzene rings is 1. The van der Waals surface area contributed by atoms with Crippen LogP contribution in [0, 0.1) is 10.4 Å². The zero-order valence-electron chi connectivity index (χ0n) is 11.5. The van der Waals surface area contributed by atoms with Crippen LogP contribution in [0.4, 0.5) is 0 Å². The second-order valence-corrected chi connectivity index (χ2v) is 4.75. The zero-order valence-corrected chi connectivity index (χ0v) is 11.5. The van der Waals surface area contributed by atoms with Crippen molar-refractivity contribution in [3.05, 3.63) is 76.4 Å². The van der Waals surface area contributed by atoms with Gasteiger partial charge in [0.1, 0.15) is 0 Å². The molecule has 1 atom stereocenters. The van der Waals surface area contributed by atoms with E-state index in [4.69, 9.17) is 0 Å². The van der Waals surface area contributed by atoms with Gasteiger partial charge in [-0.3, -0.25) is 0 Å². The summed E-state index contributed by atoms with van der Waals surface area (Å²) >= 11 is 0. The molecule has 1 heterocycles. The second kappa shape index (κ2) is 6.70. The Morgan fingerprint density at radius 1 is 1.15 bits per heavy atom. The highest BCUT2D eigenvalue weighted by atomic mass is 16.5. The van der Waals surface area contributed by atoms with Gasteiger partial charge in [0.15, 0.2) is 18.1 Å². The average molecular weight is 270 g/mol. The van der Waals surface area contributed by atoms with Gasteiger partial charge in [0.2, 0.25) is 0 Å². The molecule has 2 rings (SSSR count). The lowest BCUT2D eigenvalue weighted by atomic mass is 9.90. The van der Waals surface area contributed by atoms with Crippen LogP contribution in [0.3, 0.4) is 0 Å². The van der Waals surface area contributed by atoms with Gasteiger partial charge >= 0.3 is 0 Å². The van der Waals surface area contributed by atoms with E-state index in [9.17, 15) is 10.4 Å². The van der Waals surface area contributed by atoms with Crippen molar-refractivity contribution >= 4 is 5.71 Å². The largest absolute Gasteiger partial charge is 0.625 e. The molecule has 0 spiro atoms. The van der Waals surface area contributed by atoms with Crippen LogP contribution >= 0.6 is 0 Å². The molecule has 4 heteroatoms. The number of nitrogens with one attached hydrogen (secondary N) is 1. The van der Waals surface area contributed by atoms with E-state index in [1.807, 2.05) is 42.5 Å². The van der Waals surface area contributed by atoms with Crippen molar-refractivity contribution in [2.45, 2.75) is 25.7 Å². The third kappa shape index (κ3) is 3.35. The molecule has 4 nitrogen and oxygen atoms in total. The number of hydrogen-bond donors (Lipinski definition) is 1. The van der Waals surface area contributed by atoms with E-state index < -0.39 is 0 Å². The van der Waals surface area contributed by atoms with Gasteiger partial charge in [-0.1, -0.05) is 25.1 Å². The molecule has 20 heavy (non-hydrogen) atoms. The molecule has 0 aliphatic heterocycles. The van der Waals surface area contributed by atoms with E-state index in [2.05, 4.69) is 12.1 Å². The van der Waals surface area contributed by atoms with Gasteiger partial charge in [0.05, 0.1) is 0 Å². The van der Waals surface area contributed by atoms with Crippen molar-refractivity contribution in [2.75, 3.05) is 0 Å². The molecule has 1 aromatic heterocycles. The predicted octanol–water partition coefficient (Wildman–Crippen LogP) is 1.27. The van der Waals surface area contributed by atoms with Crippen molar-refractivity contribution in [1.82, 2.24) is 0 Å². The summed E-state index contributed by atoms with van der Waals surface area (Å²) in [6.45, 7) is 2.08. The van der Waals surface area contributed by atoms with E-state index in [1.165, 1.54) is 12.4 Å². The van der Waals surface area contributed by atoms with Gasteiger partial charge in [0, 0.05) is 24.1 Å². The van der Waals surface area contributed by atoms with E-state index in [0.29, 0.717) is 12.1 Å². The summed E-state index contributed by atoms with van der Waals surface area (Å²) < 4.78 is 0.768. The van der Waals surface area contributed by atoms with Gasteiger partial charge in [-0.15, -0.1) is 0 Å². The quantitative estimate of drug-likeness (QED) is 0.385. The lowest BCUT2D eigenvalue weighted by Gasteiger charge is -2.14. The number of hydrogen-bond acceptors (Lipinski definition) is 2. The van der Waals surface area contributed by atoms with Crippen molar-refractivity contribution in [1.29, 1.82) is 0 Å². The summed E-state index contributed by atoms with van der Waals surface area (Å²) in [5.41, 5.74) is 2.66. The molecular weight excluding hydrogens is 252 g/mol. The van der Waals surface area contributed by atoms with Crippen molar-refractivity contribution in [3.63, 3.8) is 0 Å². The molecule has 0 amide bonds. The molecule has 1 aromatic carbocycles. The van der Waals surface area contributed by atoms with E-state index >= 15 is 0 Å². The number of aromatic nitrogens is 1. The van der Waals surface area contributed by atoms with Gasteiger partial charge in [-0.25, -0.2) is 5.16 Å². The highest BCUT2D eigenvalue weighted by Crippen LogP contribution is 2.23. The Morgan fingerprint density at radius 3 is 2.35 bits per heavy atom. The van der Waals surface area contributed by atoms with Crippen LogP contribution in [0.25, 0.3) is 0 Å². The molecule has 0 saturated carbocycles. The Kier molecular flexibility index (Phi) is 4.71. The van der Waals surface area contributed by atoms with Crippen LogP contribution in [0.15, 0.2) is 54.9 Å². The standard InChI is InChI=1S/C16H18N2O2/c1-2-13(14-8-10-18(20)11-9-14)12-16(17-19)15-6-4-3-5-7-15/h3-11,13,17H,2,12H2,1H3. The number of rotatable bonds is 5. The maximum Gasteiger partial charge on any atom is 0.193 e. The van der Waals surface area contributed by atoms with Crippen molar-refractivity contribution in [3.8, 4) is 0 Å². The topological polar surface area (TPSA) is 64.0 Å². The Hall–Kier alpha value is -2.36. The monoisotopic (exact) mass is 270 g/mol. The third-order valence-corrected chi connectivity index (χ3v) is 3.49. The Morgan fingerprint density at radius 2 is 1.80 bits per heavy atom. The Balaban J connectivity index is 2.19. The van der Waals surface area contributed by atoms with Crippen LogP contribution in [-0.2, 0) is 0 Å². The van der Waals surface area contributed by atoms with Crippen LogP contribution in [0.2, 0.25) is 0 Å². The zero-order chi connectivity index (χ0) is 14.4. The summed E-state index contributed by atoms with van der Waals surface area (Å²) in [5, 5.41) is 24.4. The lowest BCUT2D eigenvalue weighted by molar-refractivity contribution is -0.605. The molecule has 0 saturated heterocycles. The predicted molar refractivity (Wildman–Crippen MR) is 77.9 cm³/mol. The summed E-state index contributed by atoms with van der Waals surface area (Å²) in [6.07, 6.45) is 4.52. The summed E-state index contributed by atoms with van der Waals surface area (Å²) in [5.74, 6) is 0.216. The summed E-state index contributed by atoms with van der Waals surface area (Å²) in [6, 6.07) is 13.2. The molecule has 1 N–H and O–H groups in total. The maximum absolute atomic E-state index is 11.2. The highest BCUT2D eigenvalue weighted by molar-refractivity contribution is 5.96. The third-order valence-electron chi connectivity index (χ3n) is 3.49. The van der Waals surface area contributed by atoms with E-state index in [1.54, 1.807) is 0 Å². The van der Waals surface area contributed by atoms with Crippen LogP contribution in [-0.4, -0.2) is 5.71 Å². The van der Waals surface area contributed by atoms with Gasteiger partial charge < -0.3 is 10.4 Å². The molecule has 0 aliphatic carbocycles. The summed E-state index contributed by atoms with van der Waals surface area (Å²) in [4.78, 5) is 0. The van der Waals surface area contributed by atoms with E-state index in [-0.39, 0.29) is 5.92 Å². The Bertz CT molecular complexity index is 565. The van der Waals surface area contributed by atoms with Gasteiger partial charge in [-0.2, -0.15) is 4.73 Å². The first kappa shape index (κ1) is 14.1. The normalized spacial score (nSPS) is 13.2. The van der Waals surface area contributed by atoms with Crippen molar-refractivity contribution < 1.29 is 9.89 Å². The first-order chi connectivity index (χ1) is 9.74. The molecular formula is C16H18N2O2. The molecule has 0 aliphatic rings. The molecule has 0 bridgehead atoms. The average Bonchev–Trinajstić information content (AvgIpc) is 2.51. The fourth-order valence-electron chi connectivity index (χ4n) is 2.30. The second-order valence-electron chi connectivity index (χ2n) is 4.75. The molecule has 1 unspecified atom stereocenters. The lowest BCUT2D eigenvalue weighted by Crippen LogP contribution is -2.66. The molecule has 0 radical (unpaired) electrons. The van der Waals surface area contributed by atoms with Crippen LogP contribution < -0.4 is 9.89 Å². The van der Waals surface area contributed by atoms with Crippen molar-refractivity contribution in [2.24, 2.45) is 0 Å². The first-order valence-electron chi connectivity index (χ1n) is 6.72. The minimum absolute atomic E-state index is 0.216. The van der Waals surface area contributed by atoms with Gasteiger partial charge in [-0.05, 0) is 30.0 Å². The fourth-order valence-corrected chi connectivity index (χ4v) is 2.30. The first-order valence-corrected chi connectivity index (χ1v) is 6.72. The highest BCUT2D eigenvalue weighted by Gasteiger charge is 2.18. The Labute approximate surface area is 118 Å². The maximum atomic E-state index is 11.2. The van der Waals surface area contributed by atoms with E-state index in [0.717, 1.165) is 22.3 Å². The molecule has 2 aromatic rings. The number of pyridine rings is 1. The fraction of sp³-hybridized carbons (Fsp3) is 0.250. The summed E-state index contributed by atoms with van der Waals surface area (Å²) in [7, 11) is 0. The minimum atomic E-state index is 0.216.